The van der Waals surface area contributed by atoms with Crippen molar-refractivity contribution < 1.29 is 19.4 Å². The zero-order valence-electron chi connectivity index (χ0n) is 14.6. The molecule has 0 aliphatic carbocycles. The van der Waals surface area contributed by atoms with Crippen LogP contribution in [0.25, 0.3) is 0 Å². The van der Waals surface area contributed by atoms with Gasteiger partial charge in [0.05, 0.1) is 22.0 Å². The minimum atomic E-state index is -0.804. The van der Waals surface area contributed by atoms with E-state index in [1.807, 2.05) is 31.2 Å². The molecule has 0 radical (unpaired) electrons. The van der Waals surface area contributed by atoms with Gasteiger partial charge in [-0.2, -0.15) is 0 Å². The van der Waals surface area contributed by atoms with Crippen LogP contribution >= 0.6 is 35.0 Å². The van der Waals surface area contributed by atoms with Gasteiger partial charge in [-0.05, 0) is 42.3 Å². The quantitative estimate of drug-likeness (QED) is 0.663. The Kier molecular flexibility index (Phi) is 6.76. The Morgan fingerprint density at radius 1 is 1.19 bits per heavy atom. The molecule has 2 aromatic carbocycles. The number of ether oxygens (including phenoxy) is 2. The van der Waals surface area contributed by atoms with Crippen molar-refractivity contribution in [2.24, 2.45) is 0 Å². The van der Waals surface area contributed by atoms with Gasteiger partial charge in [0, 0.05) is 6.54 Å². The van der Waals surface area contributed by atoms with E-state index in [1.54, 1.807) is 12.1 Å². The highest BCUT2D eigenvalue weighted by Gasteiger charge is 2.31. The average molecular weight is 428 g/mol. The summed E-state index contributed by atoms with van der Waals surface area (Å²) in [5.41, 5.74) is 1.85. The predicted octanol–water partition coefficient (Wildman–Crippen LogP) is 4.76. The van der Waals surface area contributed by atoms with E-state index in [0.717, 1.165) is 11.1 Å². The summed E-state index contributed by atoms with van der Waals surface area (Å²) in [4.78, 5) is 11.1. The monoisotopic (exact) mass is 427 g/mol. The summed E-state index contributed by atoms with van der Waals surface area (Å²) in [6, 6.07) is 11.0. The lowest BCUT2D eigenvalue weighted by molar-refractivity contribution is -0.136. The summed E-state index contributed by atoms with van der Waals surface area (Å²) in [5, 5.41) is 12.8. The fourth-order valence-electron chi connectivity index (χ4n) is 2.68. The highest BCUT2D eigenvalue weighted by atomic mass is 35.5. The lowest BCUT2D eigenvalue weighted by atomic mass is 10.2. The molecule has 0 aromatic heterocycles. The zero-order valence-corrected chi connectivity index (χ0v) is 16.9. The number of halogens is 2. The maximum Gasteiger partial charge on any atom is 0.318 e. The molecule has 1 heterocycles. The summed E-state index contributed by atoms with van der Waals surface area (Å²) in [5.74, 6) is 0.433. The molecule has 5 nitrogen and oxygen atoms in total. The molecule has 0 amide bonds. The SMILES string of the molecule is CCOc1cc([C@H]2NC[C@H](C(=O)O)S2)ccc1OCc1ccc(Cl)c(Cl)c1. The van der Waals surface area contributed by atoms with E-state index in [9.17, 15) is 4.79 Å². The Morgan fingerprint density at radius 2 is 2.00 bits per heavy atom. The topological polar surface area (TPSA) is 67.8 Å². The van der Waals surface area contributed by atoms with Gasteiger partial charge < -0.3 is 14.6 Å². The van der Waals surface area contributed by atoms with E-state index in [1.165, 1.54) is 11.8 Å². The van der Waals surface area contributed by atoms with Crippen molar-refractivity contribution in [2.75, 3.05) is 13.2 Å². The number of benzene rings is 2. The van der Waals surface area contributed by atoms with Crippen molar-refractivity contribution in [1.29, 1.82) is 0 Å². The highest BCUT2D eigenvalue weighted by Crippen LogP contribution is 2.39. The van der Waals surface area contributed by atoms with Gasteiger partial charge in [-0.3, -0.25) is 10.1 Å². The first-order chi connectivity index (χ1) is 13.0. The maximum absolute atomic E-state index is 11.1. The van der Waals surface area contributed by atoms with E-state index in [0.29, 0.717) is 41.3 Å². The smallest absolute Gasteiger partial charge is 0.318 e. The second-order valence-electron chi connectivity index (χ2n) is 5.93. The lowest BCUT2D eigenvalue weighted by Crippen LogP contribution is -2.21. The highest BCUT2D eigenvalue weighted by molar-refractivity contribution is 8.01. The van der Waals surface area contributed by atoms with Gasteiger partial charge in [0.15, 0.2) is 11.5 Å². The fraction of sp³-hybridized carbons (Fsp3) is 0.316. The summed E-state index contributed by atoms with van der Waals surface area (Å²) in [6.07, 6.45) is 0. The number of carboxylic acid groups (broad SMARTS) is 1. The van der Waals surface area contributed by atoms with E-state index in [-0.39, 0.29) is 5.37 Å². The van der Waals surface area contributed by atoms with E-state index < -0.39 is 11.2 Å². The molecule has 3 rings (SSSR count). The first kappa shape index (κ1) is 20.1. The van der Waals surface area contributed by atoms with Crippen LogP contribution in [-0.2, 0) is 11.4 Å². The molecular formula is C19H19Cl2NO4S. The number of carbonyl (C=O) groups is 1. The van der Waals surface area contributed by atoms with Crippen LogP contribution in [0.3, 0.4) is 0 Å². The molecule has 0 spiro atoms. The molecule has 0 saturated carbocycles. The average Bonchev–Trinajstić information content (AvgIpc) is 3.14. The first-order valence-electron chi connectivity index (χ1n) is 8.43. The molecule has 2 aromatic rings. The molecule has 1 aliphatic heterocycles. The Morgan fingerprint density at radius 3 is 2.67 bits per heavy atom. The normalized spacial score (nSPS) is 19.1. The van der Waals surface area contributed by atoms with Crippen LogP contribution in [0.15, 0.2) is 36.4 Å². The van der Waals surface area contributed by atoms with Gasteiger partial charge in [0.25, 0.3) is 0 Å². The minimum absolute atomic E-state index is 0.0885. The van der Waals surface area contributed by atoms with Crippen molar-refractivity contribution in [3.8, 4) is 11.5 Å². The number of aliphatic carboxylic acids is 1. The second kappa shape index (κ2) is 9.06. The van der Waals surface area contributed by atoms with Crippen LogP contribution < -0.4 is 14.8 Å². The standard InChI is InChI=1S/C19H19Cl2NO4S/c1-2-25-16-8-12(18-22-9-17(27-18)19(23)24)4-6-15(16)26-10-11-3-5-13(20)14(21)7-11/h3-8,17-18,22H,2,9-10H2,1H3,(H,23,24)/t17-,18+/m1/s1. The third-order valence-electron chi connectivity index (χ3n) is 4.01. The van der Waals surface area contributed by atoms with Crippen molar-refractivity contribution >= 4 is 40.9 Å². The van der Waals surface area contributed by atoms with Gasteiger partial charge in [0.2, 0.25) is 0 Å². The largest absolute Gasteiger partial charge is 0.490 e. The van der Waals surface area contributed by atoms with Crippen LogP contribution in [0.1, 0.15) is 23.4 Å². The summed E-state index contributed by atoms with van der Waals surface area (Å²) in [6.45, 7) is 3.16. The maximum atomic E-state index is 11.1. The fourth-order valence-corrected chi connectivity index (χ4v) is 4.14. The molecule has 0 unspecified atom stereocenters. The van der Waals surface area contributed by atoms with Gasteiger partial charge >= 0.3 is 5.97 Å². The second-order valence-corrected chi connectivity index (χ2v) is 8.05. The van der Waals surface area contributed by atoms with Crippen LogP contribution in [0.5, 0.6) is 11.5 Å². The van der Waals surface area contributed by atoms with Crippen molar-refractivity contribution in [3.05, 3.63) is 57.6 Å². The molecule has 2 atom stereocenters. The van der Waals surface area contributed by atoms with E-state index in [4.69, 9.17) is 37.8 Å². The summed E-state index contributed by atoms with van der Waals surface area (Å²) in [7, 11) is 0. The molecule has 1 aliphatic rings. The van der Waals surface area contributed by atoms with Crippen LogP contribution in [0.2, 0.25) is 10.0 Å². The van der Waals surface area contributed by atoms with Crippen LogP contribution in [0.4, 0.5) is 0 Å². The van der Waals surface area contributed by atoms with Crippen molar-refractivity contribution in [2.45, 2.75) is 24.2 Å². The van der Waals surface area contributed by atoms with Gasteiger partial charge in [0.1, 0.15) is 11.9 Å². The number of hydrogen-bond donors (Lipinski definition) is 2. The van der Waals surface area contributed by atoms with E-state index in [2.05, 4.69) is 5.32 Å². The first-order valence-corrected chi connectivity index (χ1v) is 10.1. The molecular weight excluding hydrogens is 409 g/mol. The van der Waals surface area contributed by atoms with Crippen molar-refractivity contribution in [3.63, 3.8) is 0 Å². The molecule has 2 N–H and O–H groups in total. The van der Waals surface area contributed by atoms with Crippen molar-refractivity contribution in [1.82, 2.24) is 5.32 Å². The molecule has 27 heavy (non-hydrogen) atoms. The Balaban J connectivity index is 1.73. The van der Waals surface area contributed by atoms with Gasteiger partial charge in [-0.15, -0.1) is 11.8 Å². The molecule has 0 bridgehead atoms. The number of nitrogens with one attached hydrogen (secondary N) is 1. The predicted molar refractivity (Wildman–Crippen MR) is 108 cm³/mol. The molecule has 8 heteroatoms. The van der Waals surface area contributed by atoms with E-state index >= 15 is 0 Å². The Bertz CT molecular complexity index is 833. The number of thioether (sulfide) groups is 1. The van der Waals surface area contributed by atoms with Crippen LogP contribution in [-0.4, -0.2) is 29.5 Å². The molecule has 1 fully saturated rings. The lowest BCUT2D eigenvalue weighted by Gasteiger charge is -2.16. The third-order valence-corrected chi connectivity index (χ3v) is 6.16. The van der Waals surface area contributed by atoms with Crippen LogP contribution in [0, 0.1) is 0 Å². The van der Waals surface area contributed by atoms with Gasteiger partial charge in [-0.25, -0.2) is 0 Å². The Labute approximate surface area is 171 Å². The molecule has 144 valence electrons. The molecule has 1 saturated heterocycles. The summed E-state index contributed by atoms with van der Waals surface area (Å²) < 4.78 is 11.6. The number of hydrogen-bond acceptors (Lipinski definition) is 5. The minimum Gasteiger partial charge on any atom is -0.490 e. The zero-order chi connectivity index (χ0) is 19.4. The number of carboxylic acids is 1. The van der Waals surface area contributed by atoms with Gasteiger partial charge in [-0.1, -0.05) is 35.3 Å². The third kappa shape index (κ3) is 5.02. The Hall–Kier alpha value is -1.60. The number of rotatable bonds is 7. The summed E-state index contributed by atoms with van der Waals surface area (Å²) >= 11 is 13.4.